The molecule has 0 spiro atoms. The van der Waals surface area contributed by atoms with Crippen molar-refractivity contribution in [2.24, 2.45) is 17.6 Å². The van der Waals surface area contributed by atoms with Crippen molar-refractivity contribution < 1.29 is 4.74 Å². The Labute approximate surface area is 142 Å². The fourth-order valence-electron chi connectivity index (χ4n) is 3.69. The Morgan fingerprint density at radius 1 is 1.26 bits per heavy atom. The molecule has 0 bridgehead atoms. The van der Waals surface area contributed by atoms with Gasteiger partial charge in [-0.1, -0.05) is 45.4 Å². The number of benzene rings is 1. The SMILES string of the molecule is CCCC(CN)c1ccc2c(c1)CCC(CCOCC(C)C)C2. The quantitative estimate of drug-likeness (QED) is 0.670. The first-order valence-electron chi connectivity index (χ1n) is 9.53. The molecule has 1 aliphatic carbocycles. The van der Waals surface area contributed by atoms with Crippen LogP contribution in [-0.2, 0) is 17.6 Å². The van der Waals surface area contributed by atoms with Crippen LogP contribution >= 0.6 is 0 Å². The van der Waals surface area contributed by atoms with Gasteiger partial charge in [-0.2, -0.15) is 0 Å². The highest BCUT2D eigenvalue weighted by Crippen LogP contribution is 2.31. The Bertz CT molecular complexity index is 469. The molecule has 2 nitrogen and oxygen atoms in total. The Morgan fingerprint density at radius 2 is 2.09 bits per heavy atom. The number of aryl methyl sites for hydroxylation is 1. The van der Waals surface area contributed by atoms with E-state index in [9.17, 15) is 0 Å². The zero-order valence-corrected chi connectivity index (χ0v) is 15.3. The van der Waals surface area contributed by atoms with Gasteiger partial charge in [0.15, 0.2) is 0 Å². The van der Waals surface area contributed by atoms with Crippen LogP contribution in [0.1, 0.15) is 69.1 Å². The minimum atomic E-state index is 0.535. The summed E-state index contributed by atoms with van der Waals surface area (Å²) >= 11 is 0. The maximum atomic E-state index is 5.96. The predicted octanol–water partition coefficient (Wildman–Crippen LogP) is 4.70. The van der Waals surface area contributed by atoms with E-state index in [1.807, 2.05) is 0 Å². The second-order valence-electron chi connectivity index (χ2n) is 7.62. The molecule has 0 heterocycles. The lowest BCUT2D eigenvalue weighted by Gasteiger charge is -2.26. The molecular formula is C21H35NO. The molecule has 2 atom stereocenters. The fourth-order valence-corrected chi connectivity index (χ4v) is 3.69. The van der Waals surface area contributed by atoms with Crippen molar-refractivity contribution in [1.82, 2.24) is 0 Å². The van der Waals surface area contributed by atoms with E-state index in [2.05, 4.69) is 39.0 Å². The first kappa shape index (κ1) is 18.5. The number of ether oxygens (including phenoxy) is 1. The summed E-state index contributed by atoms with van der Waals surface area (Å²) in [7, 11) is 0. The van der Waals surface area contributed by atoms with Crippen molar-refractivity contribution in [3.8, 4) is 0 Å². The minimum Gasteiger partial charge on any atom is -0.381 e. The van der Waals surface area contributed by atoms with Crippen LogP contribution in [0.15, 0.2) is 18.2 Å². The Balaban J connectivity index is 1.89. The minimum absolute atomic E-state index is 0.535. The Kier molecular flexibility index (Phi) is 7.58. The van der Waals surface area contributed by atoms with E-state index in [1.54, 1.807) is 11.1 Å². The summed E-state index contributed by atoms with van der Waals surface area (Å²) in [6, 6.07) is 7.13. The molecule has 0 fully saturated rings. The van der Waals surface area contributed by atoms with Gasteiger partial charge in [0, 0.05) is 13.2 Å². The Hall–Kier alpha value is -0.860. The fraction of sp³-hybridized carbons (Fsp3) is 0.714. The zero-order chi connectivity index (χ0) is 16.7. The third kappa shape index (κ3) is 5.61. The number of rotatable bonds is 9. The molecule has 0 saturated carbocycles. The molecule has 0 aliphatic heterocycles. The van der Waals surface area contributed by atoms with Gasteiger partial charge in [-0.3, -0.25) is 0 Å². The molecule has 1 aromatic rings. The van der Waals surface area contributed by atoms with E-state index < -0.39 is 0 Å². The van der Waals surface area contributed by atoms with Crippen LogP contribution in [0.2, 0.25) is 0 Å². The number of nitrogens with two attached hydrogens (primary N) is 1. The van der Waals surface area contributed by atoms with Crippen LogP contribution in [0.25, 0.3) is 0 Å². The summed E-state index contributed by atoms with van der Waals surface area (Å²) in [5.41, 5.74) is 10.5. The molecule has 0 saturated heterocycles. The average Bonchev–Trinajstić information content (AvgIpc) is 2.56. The van der Waals surface area contributed by atoms with Crippen LogP contribution in [0, 0.1) is 11.8 Å². The molecule has 2 rings (SSSR count). The molecular weight excluding hydrogens is 282 g/mol. The maximum Gasteiger partial charge on any atom is 0.0488 e. The second-order valence-corrected chi connectivity index (χ2v) is 7.62. The predicted molar refractivity (Wildman–Crippen MR) is 98.9 cm³/mol. The monoisotopic (exact) mass is 317 g/mol. The molecule has 0 radical (unpaired) electrons. The lowest BCUT2D eigenvalue weighted by molar-refractivity contribution is 0.0962. The van der Waals surface area contributed by atoms with Crippen LogP contribution in [0.4, 0.5) is 0 Å². The first-order chi connectivity index (χ1) is 11.1. The average molecular weight is 318 g/mol. The van der Waals surface area contributed by atoms with Crippen LogP contribution in [-0.4, -0.2) is 19.8 Å². The highest BCUT2D eigenvalue weighted by molar-refractivity contribution is 5.36. The largest absolute Gasteiger partial charge is 0.381 e. The van der Waals surface area contributed by atoms with E-state index in [-0.39, 0.29) is 0 Å². The highest BCUT2D eigenvalue weighted by atomic mass is 16.5. The topological polar surface area (TPSA) is 35.2 Å². The van der Waals surface area contributed by atoms with Gasteiger partial charge in [-0.05, 0) is 73.1 Å². The first-order valence-corrected chi connectivity index (χ1v) is 9.53. The van der Waals surface area contributed by atoms with Gasteiger partial charge in [-0.25, -0.2) is 0 Å². The third-order valence-electron chi connectivity index (χ3n) is 5.08. The lowest BCUT2D eigenvalue weighted by Crippen LogP contribution is -2.18. The van der Waals surface area contributed by atoms with Gasteiger partial charge >= 0.3 is 0 Å². The summed E-state index contributed by atoms with van der Waals surface area (Å²) in [5.74, 6) is 1.97. The van der Waals surface area contributed by atoms with Crippen molar-refractivity contribution in [2.45, 2.75) is 65.2 Å². The van der Waals surface area contributed by atoms with Gasteiger partial charge < -0.3 is 10.5 Å². The van der Waals surface area contributed by atoms with Gasteiger partial charge in [0.2, 0.25) is 0 Å². The standard InChI is InChI=1S/C21H35NO/c1-4-5-21(14-22)20-9-8-18-12-17(6-7-19(18)13-20)10-11-23-15-16(2)3/h8-9,13,16-17,21H,4-7,10-12,14-15,22H2,1-3H3. The highest BCUT2D eigenvalue weighted by Gasteiger charge is 2.20. The van der Waals surface area contributed by atoms with Crippen molar-refractivity contribution in [3.63, 3.8) is 0 Å². The summed E-state index contributed by atoms with van der Waals surface area (Å²) in [5, 5.41) is 0. The van der Waals surface area contributed by atoms with Crippen molar-refractivity contribution in [1.29, 1.82) is 0 Å². The van der Waals surface area contributed by atoms with Crippen molar-refractivity contribution in [2.75, 3.05) is 19.8 Å². The van der Waals surface area contributed by atoms with Crippen molar-refractivity contribution >= 4 is 0 Å². The summed E-state index contributed by atoms with van der Waals surface area (Å²) in [6.07, 6.45) is 7.36. The molecule has 2 heteroatoms. The molecule has 0 amide bonds. The van der Waals surface area contributed by atoms with Gasteiger partial charge in [0.05, 0.1) is 0 Å². The van der Waals surface area contributed by atoms with E-state index in [0.29, 0.717) is 11.8 Å². The lowest BCUT2D eigenvalue weighted by atomic mass is 9.80. The summed E-state index contributed by atoms with van der Waals surface area (Å²) in [6.45, 7) is 9.24. The van der Waals surface area contributed by atoms with E-state index >= 15 is 0 Å². The summed E-state index contributed by atoms with van der Waals surface area (Å²) in [4.78, 5) is 0. The maximum absolute atomic E-state index is 5.96. The van der Waals surface area contributed by atoms with Crippen LogP contribution in [0.3, 0.4) is 0 Å². The summed E-state index contributed by atoms with van der Waals surface area (Å²) < 4.78 is 5.76. The molecule has 23 heavy (non-hydrogen) atoms. The van der Waals surface area contributed by atoms with E-state index in [1.165, 1.54) is 44.1 Å². The van der Waals surface area contributed by atoms with Crippen LogP contribution < -0.4 is 5.73 Å². The molecule has 1 aliphatic rings. The molecule has 130 valence electrons. The zero-order valence-electron chi connectivity index (χ0n) is 15.3. The number of hydrogen-bond acceptors (Lipinski definition) is 2. The molecule has 1 aromatic carbocycles. The normalized spacial score (nSPS) is 18.9. The van der Waals surface area contributed by atoms with Gasteiger partial charge in [0.25, 0.3) is 0 Å². The van der Waals surface area contributed by atoms with Crippen LogP contribution in [0.5, 0.6) is 0 Å². The molecule has 0 aromatic heterocycles. The van der Waals surface area contributed by atoms with E-state index in [4.69, 9.17) is 10.5 Å². The second kappa shape index (κ2) is 9.44. The van der Waals surface area contributed by atoms with Gasteiger partial charge in [0.1, 0.15) is 0 Å². The number of fused-ring (bicyclic) bond motifs is 1. The Morgan fingerprint density at radius 3 is 2.78 bits per heavy atom. The number of hydrogen-bond donors (Lipinski definition) is 1. The molecule has 2 N–H and O–H groups in total. The third-order valence-corrected chi connectivity index (χ3v) is 5.08. The van der Waals surface area contributed by atoms with E-state index in [0.717, 1.165) is 25.7 Å². The smallest absolute Gasteiger partial charge is 0.0488 e. The van der Waals surface area contributed by atoms with Crippen molar-refractivity contribution in [3.05, 3.63) is 34.9 Å². The molecule has 2 unspecified atom stereocenters. The van der Waals surface area contributed by atoms with Gasteiger partial charge in [-0.15, -0.1) is 0 Å².